The molecule has 0 aliphatic heterocycles. The van der Waals surface area contributed by atoms with Crippen LogP contribution in [0.4, 0.5) is 14.9 Å². The van der Waals surface area contributed by atoms with E-state index in [0.717, 1.165) is 6.07 Å². The van der Waals surface area contributed by atoms with E-state index in [1.807, 2.05) is 0 Å². The number of rotatable bonds is 4. The number of carboxylic acid groups (broad SMARTS) is 1. The minimum atomic E-state index is -1.23. The molecule has 0 saturated heterocycles. The van der Waals surface area contributed by atoms with Gasteiger partial charge in [-0.3, -0.25) is 0 Å². The number of carbonyl (C=O) groups excluding carboxylic acids is 1. The summed E-state index contributed by atoms with van der Waals surface area (Å²) >= 11 is 0. The summed E-state index contributed by atoms with van der Waals surface area (Å²) in [6.45, 7) is 0.484. The quantitative estimate of drug-likeness (QED) is 0.789. The Morgan fingerprint density at radius 3 is 2.62 bits per heavy atom. The molecule has 1 aromatic rings. The summed E-state index contributed by atoms with van der Waals surface area (Å²) in [5.74, 6) is -1.77. The van der Waals surface area contributed by atoms with E-state index in [2.05, 4.69) is 5.32 Å². The third-order valence-electron chi connectivity index (χ3n) is 3.55. The van der Waals surface area contributed by atoms with Gasteiger partial charge in [0.05, 0.1) is 17.4 Å². The highest BCUT2D eigenvalue weighted by molar-refractivity contribution is 5.91. The second-order valence-electron chi connectivity index (χ2n) is 5.30. The monoisotopic (exact) mass is 296 g/mol. The lowest BCUT2D eigenvalue weighted by Crippen LogP contribution is -2.41. The number of carbonyl (C=O) groups is 2. The zero-order valence-electron chi connectivity index (χ0n) is 11.5. The number of hydrogen-bond donors (Lipinski definition) is 3. The Balaban J connectivity index is 1.94. The molecule has 6 nitrogen and oxygen atoms in total. The Labute approximate surface area is 121 Å². The molecular weight excluding hydrogens is 279 g/mol. The summed E-state index contributed by atoms with van der Waals surface area (Å²) in [6, 6.07) is 2.83. The number of aliphatic hydroxyl groups is 1. The fraction of sp³-hybridized carbons (Fsp3) is 0.429. The van der Waals surface area contributed by atoms with Crippen LogP contribution in [0, 0.1) is 11.7 Å². The van der Waals surface area contributed by atoms with Crippen molar-refractivity contribution in [3.05, 3.63) is 29.6 Å². The minimum absolute atomic E-state index is 0.0644. The van der Waals surface area contributed by atoms with Crippen molar-refractivity contribution in [1.29, 1.82) is 0 Å². The van der Waals surface area contributed by atoms with Gasteiger partial charge in [0.25, 0.3) is 0 Å². The first kappa shape index (κ1) is 15.2. The Hall–Kier alpha value is -2.15. The second-order valence-corrected chi connectivity index (χ2v) is 5.30. The van der Waals surface area contributed by atoms with E-state index in [1.54, 1.807) is 7.05 Å². The van der Waals surface area contributed by atoms with Crippen LogP contribution in [0.15, 0.2) is 18.2 Å². The highest BCUT2D eigenvalue weighted by Gasteiger charge is 2.29. The summed E-state index contributed by atoms with van der Waals surface area (Å²) in [6.07, 6.45) is 1.05. The number of aliphatic hydroxyl groups excluding tert-OH is 1. The first-order valence-electron chi connectivity index (χ1n) is 6.60. The van der Waals surface area contributed by atoms with Crippen molar-refractivity contribution in [1.82, 2.24) is 4.90 Å². The molecule has 1 aliphatic rings. The Morgan fingerprint density at radius 1 is 1.43 bits per heavy atom. The van der Waals surface area contributed by atoms with Crippen LogP contribution in [0.5, 0.6) is 0 Å². The summed E-state index contributed by atoms with van der Waals surface area (Å²) in [5.41, 5.74) is -0.243. The van der Waals surface area contributed by atoms with Crippen molar-refractivity contribution in [3.8, 4) is 0 Å². The highest BCUT2D eigenvalue weighted by Crippen LogP contribution is 2.27. The van der Waals surface area contributed by atoms with E-state index < -0.39 is 17.8 Å². The smallest absolute Gasteiger partial charge is 0.335 e. The van der Waals surface area contributed by atoms with Crippen LogP contribution in [0.2, 0.25) is 0 Å². The van der Waals surface area contributed by atoms with Crippen LogP contribution < -0.4 is 5.32 Å². The molecular formula is C14H17FN2O4. The van der Waals surface area contributed by atoms with Gasteiger partial charge in [-0.25, -0.2) is 14.0 Å². The van der Waals surface area contributed by atoms with Crippen molar-refractivity contribution < 1.29 is 24.2 Å². The minimum Gasteiger partial charge on any atom is -0.478 e. The van der Waals surface area contributed by atoms with Crippen LogP contribution in [-0.2, 0) is 0 Å². The van der Waals surface area contributed by atoms with Gasteiger partial charge >= 0.3 is 12.0 Å². The van der Waals surface area contributed by atoms with Gasteiger partial charge in [0.1, 0.15) is 5.82 Å². The molecule has 1 aliphatic carbocycles. The van der Waals surface area contributed by atoms with Crippen molar-refractivity contribution >= 4 is 17.7 Å². The molecule has 0 bridgehead atoms. The van der Waals surface area contributed by atoms with Gasteiger partial charge in [-0.15, -0.1) is 0 Å². The molecule has 2 amide bonds. The molecule has 0 atom stereocenters. The topological polar surface area (TPSA) is 89.9 Å². The standard InChI is InChI=1S/C14H17FN2O4/c1-17(7-8-4-10(18)5-8)14(21)16-12-3-2-9(13(19)20)6-11(12)15/h2-3,6,8,10,18H,4-5,7H2,1H3,(H,16,21)(H,19,20). The van der Waals surface area contributed by atoms with E-state index in [1.165, 1.54) is 17.0 Å². The number of carboxylic acids is 1. The summed E-state index contributed by atoms with van der Waals surface area (Å²) in [7, 11) is 1.59. The molecule has 2 rings (SSSR count). The summed E-state index contributed by atoms with van der Waals surface area (Å²) < 4.78 is 13.7. The van der Waals surface area contributed by atoms with E-state index in [-0.39, 0.29) is 23.3 Å². The number of anilines is 1. The lowest BCUT2D eigenvalue weighted by molar-refractivity contribution is 0.0332. The van der Waals surface area contributed by atoms with Gasteiger partial charge in [-0.2, -0.15) is 0 Å². The number of nitrogens with zero attached hydrogens (tertiary/aromatic N) is 1. The fourth-order valence-electron chi connectivity index (χ4n) is 2.28. The first-order valence-corrected chi connectivity index (χ1v) is 6.60. The number of halogens is 1. The fourth-order valence-corrected chi connectivity index (χ4v) is 2.28. The van der Waals surface area contributed by atoms with Crippen molar-refractivity contribution in [2.24, 2.45) is 5.92 Å². The maximum Gasteiger partial charge on any atom is 0.335 e. The maximum absolute atomic E-state index is 13.7. The zero-order chi connectivity index (χ0) is 15.6. The number of benzene rings is 1. The Kier molecular flexibility index (Phi) is 4.42. The normalized spacial score (nSPS) is 20.5. The van der Waals surface area contributed by atoms with Crippen LogP contribution in [0.25, 0.3) is 0 Å². The SMILES string of the molecule is CN(CC1CC(O)C1)C(=O)Nc1ccc(C(=O)O)cc1F. The Morgan fingerprint density at radius 2 is 2.10 bits per heavy atom. The average Bonchev–Trinajstić information content (AvgIpc) is 2.38. The molecule has 0 radical (unpaired) electrons. The van der Waals surface area contributed by atoms with Crippen LogP contribution in [0.1, 0.15) is 23.2 Å². The summed E-state index contributed by atoms with van der Waals surface area (Å²) in [4.78, 5) is 24.0. The second kappa shape index (κ2) is 6.09. The molecule has 114 valence electrons. The number of nitrogens with one attached hydrogen (secondary N) is 1. The molecule has 7 heteroatoms. The third-order valence-corrected chi connectivity index (χ3v) is 3.55. The lowest BCUT2D eigenvalue weighted by Gasteiger charge is -2.34. The predicted molar refractivity (Wildman–Crippen MR) is 73.7 cm³/mol. The van der Waals surface area contributed by atoms with E-state index in [4.69, 9.17) is 5.11 Å². The molecule has 1 saturated carbocycles. The highest BCUT2D eigenvalue weighted by atomic mass is 19.1. The Bertz CT molecular complexity index is 558. The van der Waals surface area contributed by atoms with Gasteiger partial charge in [0.15, 0.2) is 0 Å². The number of aromatic carboxylic acids is 1. The van der Waals surface area contributed by atoms with Crippen LogP contribution in [-0.4, -0.2) is 46.8 Å². The number of amides is 2. The first-order chi connectivity index (χ1) is 9.86. The molecule has 0 aromatic heterocycles. The van der Waals surface area contributed by atoms with E-state index >= 15 is 0 Å². The van der Waals surface area contributed by atoms with Crippen LogP contribution in [0.3, 0.4) is 0 Å². The summed E-state index contributed by atoms with van der Waals surface area (Å²) in [5, 5.41) is 20.3. The van der Waals surface area contributed by atoms with Gasteiger partial charge in [-0.1, -0.05) is 0 Å². The number of urea groups is 1. The zero-order valence-corrected chi connectivity index (χ0v) is 11.5. The van der Waals surface area contributed by atoms with Crippen molar-refractivity contribution in [3.63, 3.8) is 0 Å². The van der Waals surface area contributed by atoms with Crippen molar-refractivity contribution in [2.45, 2.75) is 18.9 Å². The van der Waals surface area contributed by atoms with Gasteiger partial charge in [-0.05, 0) is 37.0 Å². The van der Waals surface area contributed by atoms with E-state index in [9.17, 15) is 19.1 Å². The third kappa shape index (κ3) is 3.69. The van der Waals surface area contributed by atoms with E-state index in [0.29, 0.717) is 19.4 Å². The number of hydrogen-bond acceptors (Lipinski definition) is 3. The van der Waals surface area contributed by atoms with Crippen molar-refractivity contribution in [2.75, 3.05) is 18.9 Å². The molecule has 0 unspecified atom stereocenters. The predicted octanol–water partition coefficient (Wildman–Crippen LogP) is 1.76. The largest absolute Gasteiger partial charge is 0.478 e. The van der Waals surface area contributed by atoms with Gasteiger partial charge in [0.2, 0.25) is 0 Å². The maximum atomic E-state index is 13.7. The van der Waals surface area contributed by atoms with Crippen LogP contribution >= 0.6 is 0 Å². The molecule has 1 aromatic carbocycles. The molecule has 0 heterocycles. The molecule has 0 spiro atoms. The lowest BCUT2D eigenvalue weighted by atomic mass is 9.82. The average molecular weight is 296 g/mol. The van der Waals surface area contributed by atoms with Gasteiger partial charge < -0.3 is 20.4 Å². The molecule has 1 fully saturated rings. The van der Waals surface area contributed by atoms with Gasteiger partial charge in [0, 0.05) is 13.6 Å². The molecule has 21 heavy (non-hydrogen) atoms. The molecule has 3 N–H and O–H groups in total.